The minimum absolute atomic E-state index is 0.606. The summed E-state index contributed by atoms with van der Waals surface area (Å²) in [6.45, 7) is 0. The predicted molar refractivity (Wildman–Crippen MR) is 51.3 cm³/mol. The van der Waals surface area contributed by atoms with Crippen LogP contribution >= 0.6 is 34.8 Å². The largest absolute Gasteiger partial charge is 0.0929 e. The molecule has 0 aliphatic carbocycles. The van der Waals surface area contributed by atoms with Gasteiger partial charge in [-0.15, -0.1) is 0 Å². The molecule has 0 spiro atoms. The van der Waals surface area contributed by atoms with Crippen LogP contribution in [0.15, 0.2) is 23.7 Å². The molecule has 0 bridgehead atoms. The summed E-state index contributed by atoms with van der Waals surface area (Å²) in [5, 5.41) is 1.23. The standard InChI is InChI=1S/C8H5Cl3/c9-4-3-6-1-2-7(10)5-8(6)11/h1-5H/b4-3-. The first-order valence-electron chi connectivity index (χ1n) is 2.96. The fraction of sp³-hybridized carbons (Fsp3) is 0. The minimum atomic E-state index is 0.606. The lowest BCUT2D eigenvalue weighted by Gasteiger charge is -1.96. The molecular formula is C8H5Cl3. The second kappa shape index (κ2) is 4.01. The van der Waals surface area contributed by atoms with E-state index >= 15 is 0 Å². The molecule has 0 aliphatic rings. The molecule has 0 N–H and O–H groups in total. The Labute approximate surface area is 80.4 Å². The monoisotopic (exact) mass is 206 g/mol. The molecule has 0 heterocycles. The van der Waals surface area contributed by atoms with Gasteiger partial charge in [0.05, 0.1) is 0 Å². The van der Waals surface area contributed by atoms with E-state index in [-0.39, 0.29) is 0 Å². The predicted octanol–water partition coefficient (Wildman–Crippen LogP) is 4.20. The molecule has 0 aromatic heterocycles. The molecule has 0 nitrogen and oxygen atoms in total. The second-order valence-electron chi connectivity index (χ2n) is 1.96. The Hall–Kier alpha value is -0.170. The molecule has 0 unspecified atom stereocenters. The van der Waals surface area contributed by atoms with Gasteiger partial charge in [-0.25, -0.2) is 0 Å². The Morgan fingerprint density at radius 2 is 1.91 bits per heavy atom. The zero-order valence-electron chi connectivity index (χ0n) is 5.52. The average Bonchev–Trinajstić information content (AvgIpc) is 1.95. The zero-order valence-corrected chi connectivity index (χ0v) is 7.79. The van der Waals surface area contributed by atoms with E-state index in [4.69, 9.17) is 34.8 Å². The van der Waals surface area contributed by atoms with Gasteiger partial charge < -0.3 is 0 Å². The molecule has 0 radical (unpaired) electrons. The molecule has 0 fully saturated rings. The quantitative estimate of drug-likeness (QED) is 0.647. The lowest BCUT2D eigenvalue weighted by atomic mass is 10.2. The van der Waals surface area contributed by atoms with Gasteiger partial charge in [0.1, 0.15) is 0 Å². The lowest BCUT2D eigenvalue weighted by molar-refractivity contribution is 1.66. The zero-order chi connectivity index (χ0) is 8.27. The highest BCUT2D eigenvalue weighted by Gasteiger charge is 1.95. The third kappa shape index (κ3) is 2.41. The fourth-order valence-corrected chi connectivity index (χ4v) is 1.31. The van der Waals surface area contributed by atoms with Crippen LogP contribution in [-0.2, 0) is 0 Å². The molecular weight excluding hydrogens is 202 g/mol. The van der Waals surface area contributed by atoms with E-state index < -0.39 is 0 Å². The van der Waals surface area contributed by atoms with Crippen LogP contribution in [0.3, 0.4) is 0 Å². The van der Waals surface area contributed by atoms with Crippen molar-refractivity contribution >= 4 is 40.9 Å². The Bertz CT molecular complexity index is 279. The Kier molecular flexibility index (Phi) is 3.25. The maximum Gasteiger partial charge on any atom is 0.0493 e. The van der Waals surface area contributed by atoms with Gasteiger partial charge in [-0.2, -0.15) is 0 Å². The highest BCUT2D eigenvalue weighted by Crippen LogP contribution is 2.21. The van der Waals surface area contributed by atoms with Crippen LogP contribution in [0.4, 0.5) is 0 Å². The van der Waals surface area contributed by atoms with E-state index in [1.54, 1.807) is 18.2 Å². The Balaban J connectivity index is 3.09. The Morgan fingerprint density at radius 3 is 2.45 bits per heavy atom. The normalized spacial score (nSPS) is 10.8. The van der Waals surface area contributed by atoms with Crippen molar-refractivity contribution in [3.63, 3.8) is 0 Å². The molecule has 0 saturated carbocycles. The maximum atomic E-state index is 5.81. The molecule has 3 heteroatoms. The van der Waals surface area contributed by atoms with Crippen molar-refractivity contribution in [1.29, 1.82) is 0 Å². The highest BCUT2D eigenvalue weighted by atomic mass is 35.5. The van der Waals surface area contributed by atoms with Crippen molar-refractivity contribution in [2.24, 2.45) is 0 Å². The first kappa shape index (κ1) is 8.92. The van der Waals surface area contributed by atoms with Crippen LogP contribution in [0, 0.1) is 0 Å². The van der Waals surface area contributed by atoms with E-state index in [2.05, 4.69) is 0 Å². The summed E-state index contributed by atoms with van der Waals surface area (Å²) in [4.78, 5) is 0. The summed E-state index contributed by atoms with van der Waals surface area (Å²) in [5.41, 5.74) is 2.28. The molecule has 11 heavy (non-hydrogen) atoms. The van der Waals surface area contributed by atoms with Crippen LogP contribution in [0.25, 0.3) is 6.08 Å². The van der Waals surface area contributed by atoms with Gasteiger partial charge in [0.15, 0.2) is 0 Å². The summed E-state index contributed by atoms with van der Waals surface area (Å²) in [5.74, 6) is 0. The van der Waals surface area contributed by atoms with Gasteiger partial charge in [-0.05, 0) is 23.8 Å². The second-order valence-corrected chi connectivity index (χ2v) is 3.05. The summed E-state index contributed by atoms with van der Waals surface area (Å²) in [7, 11) is 0. The van der Waals surface area contributed by atoms with Crippen molar-refractivity contribution in [2.45, 2.75) is 0 Å². The van der Waals surface area contributed by atoms with Gasteiger partial charge in [-0.3, -0.25) is 0 Å². The summed E-state index contributed by atoms with van der Waals surface area (Å²) in [6, 6.07) is 5.25. The molecule has 0 aliphatic heterocycles. The topological polar surface area (TPSA) is 0 Å². The van der Waals surface area contributed by atoms with Gasteiger partial charge in [0.2, 0.25) is 0 Å². The van der Waals surface area contributed by atoms with E-state index in [1.807, 2.05) is 6.07 Å². The van der Waals surface area contributed by atoms with Gasteiger partial charge in [0, 0.05) is 15.6 Å². The van der Waals surface area contributed by atoms with Gasteiger partial charge >= 0.3 is 0 Å². The molecule has 1 aromatic rings. The van der Waals surface area contributed by atoms with Crippen molar-refractivity contribution < 1.29 is 0 Å². The van der Waals surface area contributed by atoms with Crippen molar-refractivity contribution in [3.8, 4) is 0 Å². The van der Waals surface area contributed by atoms with Crippen LogP contribution < -0.4 is 0 Å². The molecule has 0 saturated heterocycles. The van der Waals surface area contributed by atoms with E-state index in [0.29, 0.717) is 10.0 Å². The van der Waals surface area contributed by atoms with Crippen molar-refractivity contribution in [1.82, 2.24) is 0 Å². The van der Waals surface area contributed by atoms with Crippen LogP contribution in [0.2, 0.25) is 10.0 Å². The minimum Gasteiger partial charge on any atom is -0.0929 e. The number of benzene rings is 1. The summed E-state index contributed by atoms with van der Waals surface area (Å²) < 4.78 is 0. The highest BCUT2D eigenvalue weighted by molar-refractivity contribution is 6.35. The molecule has 0 amide bonds. The SMILES string of the molecule is Cl/C=C\c1ccc(Cl)cc1Cl. The molecule has 1 rings (SSSR count). The molecule has 58 valence electrons. The average molecular weight is 207 g/mol. The molecule has 1 aromatic carbocycles. The number of hydrogen-bond donors (Lipinski definition) is 0. The third-order valence-corrected chi connectivity index (χ3v) is 1.89. The summed E-state index contributed by atoms with van der Waals surface area (Å²) >= 11 is 16.9. The number of hydrogen-bond acceptors (Lipinski definition) is 0. The summed E-state index contributed by atoms with van der Waals surface area (Å²) in [6.07, 6.45) is 1.71. The van der Waals surface area contributed by atoms with E-state index in [1.165, 1.54) is 5.54 Å². The smallest absolute Gasteiger partial charge is 0.0493 e. The first-order chi connectivity index (χ1) is 5.24. The first-order valence-corrected chi connectivity index (χ1v) is 4.15. The lowest BCUT2D eigenvalue weighted by Crippen LogP contribution is -1.73. The van der Waals surface area contributed by atoms with E-state index in [9.17, 15) is 0 Å². The van der Waals surface area contributed by atoms with Crippen molar-refractivity contribution in [3.05, 3.63) is 39.3 Å². The number of rotatable bonds is 1. The van der Waals surface area contributed by atoms with Gasteiger partial charge in [0.25, 0.3) is 0 Å². The van der Waals surface area contributed by atoms with Crippen molar-refractivity contribution in [2.75, 3.05) is 0 Å². The third-order valence-electron chi connectivity index (χ3n) is 1.21. The van der Waals surface area contributed by atoms with Crippen LogP contribution in [0.5, 0.6) is 0 Å². The van der Waals surface area contributed by atoms with Crippen LogP contribution in [-0.4, -0.2) is 0 Å². The van der Waals surface area contributed by atoms with Gasteiger partial charge in [-0.1, -0.05) is 40.9 Å². The number of halogens is 3. The van der Waals surface area contributed by atoms with E-state index in [0.717, 1.165) is 5.56 Å². The fourth-order valence-electron chi connectivity index (χ4n) is 0.705. The maximum absolute atomic E-state index is 5.81. The van der Waals surface area contributed by atoms with Crippen LogP contribution in [0.1, 0.15) is 5.56 Å². The Morgan fingerprint density at radius 1 is 1.18 bits per heavy atom. The molecule has 0 atom stereocenters.